The summed E-state index contributed by atoms with van der Waals surface area (Å²) in [7, 11) is 0. The van der Waals surface area contributed by atoms with E-state index in [0.29, 0.717) is 10.8 Å². The maximum Gasteiger partial charge on any atom is 0.277 e. The lowest BCUT2D eigenvalue weighted by atomic mass is 10.2. The van der Waals surface area contributed by atoms with Crippen molar-refractivity contribution in [2.24, 2.45) is 5.10 Å². The van der Waals surface area contributed by atoms with Crippen LogP contribution in [0.15, 0.2) is 47.6 Å². The first-order valence-corrected chi connectivity index (χ1v) is 7.20. The number of benzene rings is 2. The van der Waals surface area contributed by atoms with E-state index in [2.05, 4.69) is 10.5 Å². The van der Waals surface area contributed by atoms with Crippen LogP contribution in [0.2, 0.25) is 5.02 Å². The average Bonchev–Trinajstić information content (AvgIpc) is 2.50. The van der Waals surface area contributed by atoms with Crippen molar-refractivity contribution in [3.05, 3.63) is 64.2 Å². The topological polar surface area (TPSA) is 50.7 Å². The third kappa shape index (κ3) is 4.90. The summed E-state index contributed by atoms with van der Waals surface area (Å²) in [5.41, 5.74) is 5.41. The van der Waals surface area contributed by atoms with Gasteiger partial charge < -0.3 is 4.74 Å². The smallest absolute Gasteiger partial charge is 0.277 e. The Morgan fingerprint density at radius 3 is 2.64 bits per heavy atom. The molecule has 0 radical (unpaired) electrons. The quantitative estimate of drug-likeness (QED) is 0.678. The van der Waals surface area contributed by atoms with Gasteiger partial charge in [-0.1, -0.05) is 41.4 Å². The molecule has 0 unspecified atom stereocenters. The first-order chi connectivity index (χ1) is 10.5. The summed E-state index contributed by atoms with van der Waals surface area (Å²) in [6, 6.07) is 13.1. The second kappa shape index (κ2) is 7.61. The van der Waals surface area contributed by atoms with Crippen LogP contribution in [0.25, 0.3) is 0 Å². The predicted octanol–water partition coefficient (Wildman–Crippen LogP) is 3.49. The molecule has 22 heavy (non-hydrogen) atoms. The van der Waals surface area contributed by atoms with Gasteiger partial charge in [0.05, 0.1) is 6.21 Å². The van der Waals surface area contributed by atoms with Crippen LogP contribution in [0.3, 0.4) is 0 Å². The molecule has 2 aromatic rings. The SMILES string of the molecule is Cc1ccc(/C=N/NC(=O)COc2ccc(Cl)c(C)c2)cc1. The molecule has 0 saturated carbocycles. The first kappa shape index (κ1) is 16.0. The highest BCUT2D eigenvalue weighted by molar-refractivity contribution is 6.31. The summed E-state index contributed by atoms with van der Waals surface area (Å²) in [4.78, 5) is 11.6. The van der Waals surface area contributed by atoms with E-state index in [1.54, 1.807) is 24.4 Å². The van der Waals surface area contributed by atoms with Gasteiger partial charge in [-0.15, -0.1) is 0 Å². The summed E-state index contributed by atoms with van der Waals surface area (Å²) >= 11 is 5.93. The summed E-state index contributed by atoms with van der Waals surface area (Å²) < 4.78 is 5.38. The average molecular weight is 317 g/mol. The van der Waals surface area contributed by atoms with Gasteiger partial charge in [-0.05, 0) is 43.2 Å². The molecule has 0 aromatic heterocycles. The zero-order chi connectivity index (χ0) is 15.9. The number of rotatable bonds is 5. The fraction of sp³-hybridized carbons (Fsp3) is 0.176. The Kier molecular flexibility index (Phi) is 5.55. The largest absolute Gasteiger partial charge is 0.484 e. The maximum absolute atomic E-state index is 11.6. The van der Waals surface area contributed by atoms with Crippen LogP contribution in [0.5, 0.6) is 5.75 Å². The second-order valence-corrected chi connectivity index (χ2v) is 5.31. The molecule has 0 spiro atoms. The minimum absolute atomic E-state index is 0.105. The summed E-state index contributed by atoms with van der Waals surface area (Å²) in [5.74, 6) is 0.274. The summed E-state index contributed by atoms with van der Waals surface area (Å²) in [6.07, 6.45) is 1.59. The number of carbonyl (C=O) groups is 1. The number of nitrogens with zero attached hydrogens (tertiary/aromatic N) is 1. The van der Waals surface area contributed by atoms with Crippen molar-refractivity contribution >= 4 is 23.7 Å². The molecule has 4 nitrogen and oxygen atoms in total. The third-order valence-corrected chi connectivity index (χ3v) is 3.40. The highest BCUT2D eigenvalue weighted by atomic mass is 35.5. The third-order valence-electron chi connectivity index (χ3n) is 2.98. The molecular weight excluding hydrogens is 300 g/mol. The normalized spacial score (nSPS) is 10.7. The van der Waals surface area contributed by atoms with Crippen LogP contribution < -0.4 is 10.2 Å². The number of amides is 1. The van der Waals surface area contributed by atoms with Gasteiger partial charge in [0.2, 0.25) is 0 Å². The van der Waals surface area contributed by atoms with Crippen molar-refractivity contribution < 1.29 is 9.53 Å². The molecule has 0 atom stereocenters. The van der Waals surface area contributed by atoms with E-state index in [-0.39, 0.29) is 12.5 Å². The fourth-order valence-corrected chi connectivity index (χ4v) is 1.84. The highest BCUT2D eigenvalue weighted by Gasteiger charge is 2.03. The molecule has 0 bridgehead atoms. The summed E-state index contributed by atoms with van der Waals surface area (Å²) in [6.45, 7) is 3.78. The van der Waals surface area contributed by atoms with E-state index in [4.69, 9.17) is 16.3 Å². The lowest BCUT2D eigenvalue weighted by molar-refractivity contribution is -0.123. The summed E-state index contributed by atoms with van der Waals surface area (Å²) in [5, 5.41) is 4.56. The molecule has 0 aliphatic carbocycles. The van der Waals surface area contributed by atoms with E-state index in [1.807, 2.05) is 38.1 Å². The zero-order valence-electron chi connectivity index (χ0n) is 12.5. The minimum Gasteiger partial charge on any atom is -0.484 e. The van der Waals surface area contributed by atoms with Gasteiger partial charge in [0.25, 0.3) is 5.91 Å². The Morgan fingerprint density at radius 1 is 1.23 bits per heavy atom. The number of hydrogen-bond donors (Lipinski definition) is 1. The predicted molar refractivity (Wildman–Crippen MR) is 88.6 cm³/mol. The molecule has 0 heterocycles. The number of halogens is 1. The standard InChI is InChI=1S/C17H17ClN2O2/c1-12-3-5-14(6-4-12)10-19-20-17(21)11-22-15-7-8-16(18)13(2)9-15/h3-10H,11H2,1-2H3,(H,20,21)/b19-10+. The van der Waals surface area contributed by atoms with Gasteiger partial charge >= 0.3 is 0 Å². The number of hydrogen-bond acceptors (Lipinski definition) is 3. The maximum atomic E-state index is 11.6. The van der Waals surface area contributed by atoms with Crippen LogP contribution in [0.1, 0.15) is 16.7 Å². The monoisotopic (exact) mass is 316 g/mol. The van der Waals surface area contributed by atoms with E-state index < -0.39 is 0 Å². The van der Waals surface area contributed by atoms with Crippen LogP contribution in [-0.2, 0) is 4.79 Å². The molecule has 114 valence electrons. The van der Waals surface area contributed by atoms with Crippen molar-refractivity contribution in [2.45, 2.75) is 13.8 Å². The van der Waals surface area contributed by atoms with Crippen molar-refractivity contribution in [2.75, 3.05) is 6.61 Å². The first-order valence-electron chi connectivity index (χ1n) is 6.82. The molecule has 1 N–H and O–H groups in total. The Labute approximate surface area is 134 Å². The lowest BCUT2D eigenvalue weighted by Gasteiger charge is -2.06. The zero-order valence-corrected chi connectivity index (χ0v) is 13.2. The Morgan fingerprint density at radius 2 is 1.95 bits per heavy atom. The van der Waals surface area contributed by atoms with Crippen molar-refractivity contribution in [1.29, 1.82) is 0 Å². The lowest BCUT2D eigenvalue weighted by Crippen LogP contribution is -2.24. The van der Waals surface area contributed by atoms with Gasteiger partial charge in [0.1, 0.15) is 5.75 Å². The van der Waals surface area contributed by atoms with Crippen molar-refractivity contribution in [3.63, 3.8) is 0 Å². The van der Waals surface area contributed by atoms with Gasteiger partial charge in [-0.2, -0.15) is 5.10 Å². The molecule has 2 rings (SSSR count). The number of hydrazone groups is 1. The molecule has 0 saturated heterocycles. The second-order valence-electron chi connectivity index (χ2n) is 4.90. The Balaban J connectivity index is 1.80. The van der Waals surface area contributed by atoms with Crippen molar-refractivity contribution in [3.8, 4) is 5.75 Å². The Hall–Kier alpha value is -2.33. The number of ether oxygens (including phenoxy) is 1. The number of carbonyl (C=O) groups excluding carboxylic acids is 1. The van der Waals surface area contributed by atoms with Crippen LogP contribution in [0, 0.1) is 13.8 Å². The van der Waals surface area contributed by atoms with E-state index in [0.717, 1.165) is 11.1 Å². The van der Waals surface area contributed by atoms with Crippen LogP contribution in [-0.4, -0.2) is 18.7 Å². The molecule has 2 aromatic carbocycles. The van der Waals surface area contributed by atoms with Gasteiger partial charge in [0, 0.05) is 5.02 Å². The van der Waals surface area contributed by atoms with Gasteiger partial charge in [-0.25, -0.2) is 5.43 Å². The van der Waals surface area contributed by atoms with E-state index in [9.17, 15) is 4.79 Å². The van der Waals surface area contributed by atoms with E-state index in [1.165, 1.54) is 5.56 Å². The molecule has 0 aliphatic rings. The molecular formula is C17H17ClN2O2. The molecule has 0 aliphatic heterocycles. The number of nitrogens with one attached hydrogen (secondary N) is 1. The fourth-order valence-electron chi connectivity index (χ4n) is 1.72. The van der Waals surface area contributed by atoms with Crippen LogP contribution >= 0.6 is 11.6 Å². The van der Waals surface area contributed by atoms with Crippen molar-refractivity contribution in [1.82, 2.24) is 5.43 Å². The van der Waals surface area contributed by atoms with Gasteiger partial charge in [0.15, 0.2) is 6.61 Å². The van der Waals surface area contributed by atoms with Gasteiger partial charge in [-0.3, -0.25) is 4.79 Å². The van der Waals surface area contributed by atoms with Crippen LogP contribution in [0.4, 0.5) is 0 Å². The van der Waals surface area contributed by atoms with E-state index >= 15 is 0 Å². The highest BCUT2D eigenvalue weighted by Crippen LogP contribution is 2.20. The molecule has 1 amide bonds. The Bertz CT molecular complexity index is 682. The number of aryl methyl sites for hydroxylation is 2. The molecule has 5 heteroatoms. The molecule has 0 fully saturated rings. The minimum atomic E-state index is -0.323.